The highest BCUT2D eigenvalue weighted by Crippen LogP contribution is 2.12. The van der Waals surface area contributed by atoms with E-state index in [1.165, 1.54) is 0 Å². The molecule has 15 heavy (non-hydrogen) atoms. The minimum atomic E-state index is -1.11. The van der Waals surface area contributed by atoms with Crippen LogP contribution in [0, 0.1) is 0 Å². The van der Waals surface area contributed by atoms with Gasteiger partial charge in [-0.15, -0.1) is 0 Å². The molecule has 0 aliphatic rings. The summed E-state index contributed by atoms with van der Waals surface area (Å²) in [6, 6.07) is 9.37. The first-order chi connectivity index (χ1) is 6.58. The first kappa shape index (κ1) is 13.6. The van der Waals surface area contributed by atoms with E-state index < -0.39 is 11.5 Å². The average molecular weight is 212 g/mol. The molecule has 0 aliphatic carbocycles. The van der Waals surface area contributed by atoms with E-state index in [0.29, 0.717) is 6.42 Å². The summed E-state index contributed by atoms with van der Waals surface area (Å²) < 4.78 is 0. The quantitative estimate of drug-likeness (QED) is 0.471. The maximum atomic E-state index is 10.9. The number of benzene rings is 1. The van der Waals surface area contributed by atoms with Gasteiger partial charge in [-0.3, -0.25) is 10.6 Å². The third kappa shape index (κ3) is 3.32. The smallest absolute Gasteiger partial charge is 0.325 e. The van der Waals surface area contributed by atoms with Gasteiger partial charge in [0, 0.05) is 6.42 Å². The highest BCUT2D eigenvalue weighted by atomic mass is 16.4. The van der Waals surface area contributed by atoms with Crippen LogP contribution < -0.4 is 11.3 Å². The van der Waals surface area contributed by atoms with E-state index in [-0.39, 0.29) is 5.48 Å². The number of carboxylic acids is 1. The van der Waals surface area contributed by atoms with Gasteiger partial charge in [0.25, 0.3) is 0 Å². The van der Waals surface area contributed by atoms with Gasteiger partial charge in [-0.25, -0.2) is 5.43 Å². The van der Waals surface area contributed by atoms with Crippen LogP contribution in [0.5, 0.6) is 0 Å². The fraction of sp³-hybridized carbons (Fsp3) is 0.300. The van der Waals surface area contributed by atoms with Gasteiger partial charge in [0.05, 0.1) is 0 Å². The Balaban J connectivity index is 0.00000196. The van der Waals surface area contributed by atoms with Crippen LogP contribution in [-0.4, -0.2) is 22.1 Å². The lowest BCUT2D eigenvalue weighted by Gasteiger charge is -2.23. The van der Waals surface area contributed by atoms with Crippen LogP contribution in [0.1, 0.15) is 12.5 Å². The van der Waals surface area contributed by atoms with Gasteiger partial charge in [0.15, 0.2) is 0 Å². The SMILES string of the molecule is CC(Cc1ccccc1)(NN)C(=O)O.O. The highest BCUT2D eigenvalue weighted by Gasteiger charge is 2.31. The minimum Gasteiger partial charge on any atom is -0.480 e. The Morgan fingerprint density at radius 2 is 2.00 bits per heavy atom. The Morgan fingerprint density at radius 3 is 2.40 bits per heavy atom. The normalized spacial score (nSPS) is 13.7. The summed E-state index contributed by atoms with van der Waals surface area (Å²) in [6.45, 7) is 1.56. The van der Waals surface area contributed by atoms with Gasteiger partial charge < -0.3 is 10.6 Å². The van der Waals surface area contributed by atoms with Crippen molar-refractivity contribution in [3.63, 3.8) is 0 Å². The molecule has 0 fully saturated rings. The van der Waals surface area contributed by atoms with Gasteiger partial charge in [-0.05, 0) is 12.5 Å². The molecular formula is C10H16N2O3. The van der Waals surface area contributed by atoms with E-state index in [1.807, 2.05) is 30.3 Å². The van der Waals surface area contributed by atoms with E-state index in [4.69, 9.17) is 10.9 Å². The average Bonchev–Trinajstić information content (AvgIpc) is 2.19. The molecule has 0 bridgehead atoms. The number of nitrogens with one attached hydrogen (secondary N) is 1. The van der Waals surface area contributed by atoms with Gasteiger partial charge in [0.1, 0.15) is 5.54 Å². The summed E-state index contributed by atoms with van der Waals surface area (Å²) >= 11 is 0. The first-order valence-corrected chi connectivity index (χ1v) is 4.33. The molecule has 0 saturated carbocycles. The van der Waals surface area contributed by atoms with Crippen LogP contribution in [0.4, 0.5) is 0 Å². The Kier molecular flexibility index (Phi) is 4.93. The summed E-state index contributed by atoms with van der Waals surface area (Å²) in [5, 5.41) is 8.95. The second-order valence-electron chi connectivity index (χ2n) is 3.44. The third-order valence-electron chi connectivity index (χ3n) is 2.19. The number of hydrogen-bond acceptors (Lipinski definition) is 3. The molecule has 1 aromatic rings. The molecule has 0 aromatic heterocycles. The van der Waals surface area contributed by atoms with Crippen LogP contribution >= 0.6 is 0 Å². The van der Waals surface area contributed by atoms with Crippen molar-refractivity contribution < 1.29 is 15.4 Å². The zero-order valence-electron chi connectivity index (χ0n) is 8.53. The summed E-state index contributed by atoms with van der Waals surface area (Å²) in [4.78, 5) is 10.9. The lowest BCUT2D eigenvalue weighted by atomic mass is 9.94. The Labute approximate surface area is 88.2 Å². The number of hydrogen-bond donors (Lipinski definition) is 3. The number of carboxylic acid groups (broad SMARTS) is 1. The molecule has 0 aliphatic heterocycles. The van der Waals surface area contributed by atoms with Crippen molar-refractivity contribution in [2.45, 2.75) is 18.9 Å². The Bertz CT molecular complexity index is 316. The van der Waals surface area contributed by atoms with Crippen molar-refractivity contribution in [1.29, 1.82) is 0 Å². The maximum Gasteiger partial charge on any atom is 0.325 e. The van der Waals surface area contributed by atoms with E-state index in [1.54, 1.807) is 6.92 Å². The Hall–Kier alpha value is -1.43. The number of aliphatic carboxylic acids is 1. The second kappa shape index (κ2) is 5.45. The van der Waals surface area contributed by atoms with Crippen molar-refractivity contribution in [2.24, 2.45) is 5.84 Å². The van der Waals surface area contributed by atoms with E-state index in [9.17, 15) is 4.79 Å². The highest BCUT2D eigenvalue weighted by molar-refractivity contribution is 5.78. The monoisotopic (exact) mass is 212 g/mol. The van der Waals surface area contributed by atoms with Crippen molar-refractivity contribution in [3.8, 4) is 0 Å². The van der Waals surface area contributed by atoms with Gasteiger partial charge in [-0.1, -0.05) is 30.3 Å². The molecular weight excluding hydrogens is 196 g/mol. The molecule has 5 heteroatoms. The number of hydrazine groups is 1. The first-order valence-electron chi connectivity index (χ1n) is 4.33. The topological polar surface area (TPSA) is 107 Å². The molecule has 1 rings (SSSR count). The van der Waals surface area contributed by atoms with Crippen molar-refractivity contribution in [3.05, 3.63) is 35.9 Å². The molecule has 5 nitrogen and oxygen atoms in total. The van der Waals surface area contributed by atoms with Gasteiger partial charge >= 0.3 is 5.97 Å². The predicted molar refractivity (Wildman–Crippen MR) is 57.1 cm³/mol. The minimum absolute atomic E-state index is 0. The van der Waals surface area contributed by atoms with Crippen LogP contribution in [0.15, 0.2) is 30.3 Å². The lowest BCUT2D eigenvalue weighted by Crippen LogP contribution is -2.54. The summed E-state index contributed by atoms with van der Waals surface area (Å²) in [5.74, 6) is 4.27. The van der Waals surface area contributed by atoms with Gasteiger partial charge in [0.2, 0.25) is 0 Å². The summed E-state index contributed by atoms with van der Waals surface area (Å²) in [7, 11) is 0. The molecule has 0 saturated heterocycles. The molecule has 1 unspecified atom stereocenters. The van der Waals surface area contributed by atoms with Crippen LogP contribution in [0.2, 0.25) is 0 Å². The molecule has 0 spiro atoms. The summed E-state index contributed by atoms with van der Waals surface area (Å²) in [6.07, 6.45) is 0.361. The molecule has 1 aromatic carbocycles. The molecule has 84 valence electrons. The fourth-order valence-corrected chi connectivity index (χ4v) is 1.19. The van der Waals surface area contributed by atoms with Crippen LogP contribution in [0.25, 0.3) is 0 Å². The summed E-state index contributed by atoms with van der Waals surface area (Å²) in [5.41, 5.74) is 2.16. The van der Waals surface area contributed by atoms with Crippen molar-refractivity contribution in [1.82, 2.24) is 5.43 Å². The van der Waals surface area contributed by atoms with Crippen LogP contribution in [0.3, 0.4) is 0 Å². The van der Waals surface area contributed by atoms with Crippen molar-refractivity contribution >= 4 is 5.97 Å². The van der Waals surface area contributed by atoms with Gasteiger partial charge in [-0.2, -0.15) is 0 Å². The molecule has 0 heterocycles. The standard InChI is InChI=1S/C10H14N2O2.H2O/c1-10(12-11,9(13)14)7-8-5-3-2-4-6-8;/h2-6,12H,7,11H2,1H3,(H,13,14);1H2. The van der Waals surface area contributed by atoms with E-state index in [0.717, 1.165) is 5.56 Å². The number of rotatable bonds is 4. The largest absolute Gasteiger partial charge is 0.480 e. The predicted octanol–water partition coefficient (Wildman–Crippen LogP) is -0.289. The van der Waals surface area contributed by atoms with E-state index >= 15 is 0 Å². The fourth-order valence-electron chi connectivity index (χ4n) is 1.19. The lowest BCUT2D eigenvalue weighted by molar-refractivity contribution is -0.144. The zero-order valence-corrected chi connectivity index (χ0v) is 8.53. The molecule has 6 N–H and O–H groups in total. The van der Waals surface area contributed by atoms with Crippen molar-refractivity contribution in [2.75, 3.05) is 0 Å². The molecule has 0 radical (unpaired) electrons. The maximum absolute atomic E-state index is 10.9. The van der Waals surface area contributed by atoms with Crippen LogP contribution in [-0.2, 0) is 11.2 Å². The Morgan fingerprint density at radius 1 is 1.47 bits per heavy atom. The van der Waals surface area contributed by atoms with E-state index in [2.05, 4.69) is 5.43 Å². The molecule has 0 amide bonds. The second-order valence-corrected chi connectivity index (χ2v) is 3.44. The third-order valence-corrected chi connectivity index (χ3v) is 2.19. The number of nitrogens with two attached hydrogens (primary N) is 1. The molecule has 1 atom stereocenters. The number of carbonyl (C=O) groups is 1. The zero-order chi connectivity index (χ0) is 10.6.